The third kappa shape index (κ3) is 3.50. The molecule has 0 saturated heterocycles. The number of ether oxygens (including phenoxy) is 3. The summed E-state index contributed by atoms with van der Waals surface area (Å²) in [5.74, 6) is 0.887. The second-order valence-electron chi connectivity index (χ2n) is 5.80. The average molecular weight is 353 g/mol. The van der Waals surface area contributed by atoms with Gasteiger partial charge >= 0.3 is 5.97 Å². The summed E-state index contributed by atoms with van der Waals surface area (Å²) in [6.07, 6.45) is 0.256. The molecule has 1 unspecified atom stereocenters. The lowest BCUT2D eigenvalue weighted by Crippen LogP contribution is -2.36. The Hall–Kier alpha value is -3.00. The molecular formula is C21H23NO4. The molecule has 0 N–H and O–H groups in total. The molecular weight excluding hydrogens is 330 g/mol. The van der Waals surface area contributed by atoms with Crippen molar-refractivity contribution in [1.82, 2.24) is 0 Å². The largest absolute Gasteiger partial charge is 0.492 e. The standard InChI is InChI=1S/C21H23NO4/c1-5-21(14-22,20(23)25-6-2)16-11-9-13-18(19(16)24-4)26-17-12-8-7-10-15(17)3/h7-13H,5-6H2,1-4H3. The van der Waals surface area contributed by atoms with Crippen LogP contribution in [0.2, 0.25) is 0 Å². The summed E-state index contributed by atoms with van der Waals surface area (Å²) in [4.78, 5) is 12.6. The highest BCUT2D eigenvalue weighted by molar-refractivity contribution is 5.88. The number of nitriles is 1. The number of carbonyl (C=O) groups is 1. The molecule has 5 nitrogen and oxygen atoms in total. The van der Waals surface area contributed by atoms with Gasteiger partial charge in [-0.3, -0.25) is 0 Å². The van der Waals surface area contributed by atoms with Crippen molar-refractivity contribution in [1.29, 1.82) is 5.26 Å². The maximum Gasteiger partial charge on any atom is 0.331 e. The Labute approximate surface area is 154 Å². The van der Waals surface area contributed by atoms with Crippen molar-refractivity contribution in [3.8, 4) is 23.3 Å². The third-order valence-electron chi connectivity index (χ3n) is 4.30. The summed E-state index contributed by atoms with van der Waals surface area (Å²) in [6, 6.07) is 14.9. The van der Waals surface area contributed by atoms with Gasteiger partial charge in [-0.15, -0.1) is 0 Å². The van der Waals surface area contributed by atoms with Gasteiger partial charge in [-0.2, -0.15) is 5.26 Å². The monoisotopic (exact) mass is 353 g/mol. The van der Waals surface area contributed by atoms with E-state index in [0.717, 1.165) is 5.56 Å². The number of hydrogen-bond donors (Lipinski definition) is 0. The summed E-state index contributed by atoms with van der Waals surface area (Å²) < 4.78 is 16.7. The van der Waals surface area contributed by atoms with Crippen molar-refractivity contribution in [2.75, 3.05) is 13.7 Å². The molecule has 0 heterocycles. The molecule has 26 heavy (non-hydrogen) atoms. The van der Waals surface area contributed by atoms with Crippen molar-refractivity contribution in [2.45, 2.75) is 32.6 Å². The van der Waals surface area contributed by atoms with E-state index in [2.05, 4.69) is 6.07 Å². The Morgan fingerprint density at radius 2 is 1.81 bits per heavy atom. The van der Waals surface area contributed by atoms with Crippen LogP contribution in [0.1, 0.15) is 31.4 Å². The molecule has 136 valence electrons. The fourth-order valence-corrected chi connectivity index (χ4v) is 2.82. The molecule has 0 aliphatic carbocycles. The minimum atomic E-state index is -1.45. The Morgan fingerprint density at radius 3 is 2.38 bits per heavy atom. The molecule has 1 atom stereocenters. The number of benzene rings is 2. The van der Waals surface area contributed by atoms with Crippen molar-refractivity contribution in [2.24, 2.45) is 0 Å². The summed E-state index contributed by atoms with van der Waals surface area (Å²) >= 11 is 0. The molecule has 0 aliphatic heterocycles. The van der Waals surface area contributed by atoms with E-state index in [-0.39, 0.29) is 13.0 Å². The van der Waals surface area contributed by atoms with E-state index in [0.29, 0.717) is 22.8 Å². The predicted molar refractivity (Wildman–Crippen MR) is 98.5 cm³/mol. The maximum atomic E-state index is 12.6. The van der Waals surface area contributed by atoms with Gasteiger partial charge in [-0.05, 0) is 38.0 Å². The lowest BCUT2D eigenvalue weighted by Gasteiger charge is -2.26. The van der Waals surface area contributed by atoms with Crippen molar-refractivity contribution >= 4 is 5.97 Å². The van der Waals surface area contributed by atoms with Crippen LogP contribution in [-0.2, 0) is 14.9 Å². The van der Waals surface area contributed by atoms with E-state index >= 15 is 0 Å². The van der Waals surface area contributed by atoms with Crippen LogP contribution in [0.4, 0.5) is 0 Å². The van der Waals surface area contributed by atoms with E-state index < -0.39 is 11.4 Å². The van der Waals surface area contributed by atoms with Gasteiger partial charge in [-0.25, -0.2) is 4.79 Å². The molecule has 0 aliphatic rings. The van der Waals surface area contributed by atoms with Gasteiger partial charge in [0.15, 0.2) is 16.9 Å². The first-order valence-corrected chi connectivity index (χ1v) is 8.53. The van der Waals surface area contributed by atoms with Gasteiger partial charge in [-0.1, -0.05) is 37.3 Å². The van der Waals surface area contributed by atoms with Gasteiger partial charge in [0, 0.05) is 5.56 Å². The summed E-state index contributed by atoms with van der Waals surface area (Å²) in [6.45, 7) is 5.62. The molecule has 0 radical (unpaired) electrons. The van der Waals surface area contributed by atoms with Gasteiger partial charge < -0.3 is 14.2 Å². The minimum Gasteiger partial charge on any atom is -0.492 e. The van der Waals surface area contributed by atoms with Crippen LogP contribution < -0.4 is 9.47 Å². The highest BCUT2D eigenvalue weighted by Gasteiger charge is 2.43. The predicted octanol–water partition coefficient (Wildman–Crippen LogP) is 4.53. The zero-order valence-corrected chi connectivity index (χ0v) is 15.5. The number of carbonyl (C=O) groups excluding carboxylic acids is 1. The SMILES string of the molecule is CCOC(=O)C(C#N)(CC)c1cccc(Oc2ccccc2C)c1OC. The Bertz CT molecular complexity index is 825. The highest BCUT2D eigenvalue weighted by Crippen LogP contribution is 2.42. The second-order valence-corrected chi connectivity index (χ2v) is 5.80. The normalized spacial score (nSPS) is 12.6. The van der Waals surface area contributed by atoms with Gasteiger partial charge in [0.2, 0.25) is 0 Å². The first kappa shape index (κ1) is 19.3. The second kappa shape index (κ2) is 8.39. The van der Waals surface area contributed by atoms with Crippen LogP contribution in [0.3, 0.4) is 0 Å². The summed E-state index contributed by atoms with van der Waals surface area (Å²) in [5, 5.41) is 9.82. The number of methoxy groups -OCH3 is 1. The highest BCUT2D eigenvalue weighted by atomic mass is 16.5. The van der Waals surface area contributed by atoms with Gasteiger partial charge in [0.1, 0.15) is 5.75 Å². The summed E-state index contributed by atoms with van der Waals surface area (Å²) in [5.41, 5.74) is -0.0474. The van der Waals surface area contributed by atoms with E-state index in [9.17, 15) is 10.1 Å². The molecule has 0 spiro atoms. The molecule has 0 bridgehead atoms. The van der Waals surface area contributed by atoms with Crippen molar-refractivity contribution < 1.29 is 19.0 Å². The zero-order chi connectivity index (χ0) is 19.2. The smallest absolute Gasteiger partial charge is 0.331 e. The molecule has 0 aromatic heterocycles. The molecule has 2 aromatic carbocycles. The number of hydrogen-bond acceptors (Lipinski definition) is 5. The first-order chi connectivity index (χ1) is 12.5. The number of esters is 1. The maximum absolute atomic E-state index is 12.6. The van der Waals surface area contributed by atoms with Crippen LogP contribution >= 0.6 is 0 Å². The molecule has 2 aromatic rings. The molecule has 0 fully saturated rings. The van der Waals surface area contributed by atoms with E-state index in [1.54, 1.807) is 32.0 Å². The number of aryl methyl sites for hydroxylation is 1. The minimum absolute atomic E-state index is 0.198. The van der Waals surface area contributed by atoms with Crippen LogP contribution in [0.15, 0.2) is 42.5 Å². The lowest BCUT2D eigenvalue weighted by molar-refractivity contribution is -0.148. The fraction of sp³-hybridized carbons (Fsp3) is 0.333. The Kier molecular flexibility index (Phi) is 6.24. The van der Waals surface area contributed by atoms with Gasteiger partial charge in [0.05, 0.1) is 19.8 Å². The van der Waals surface area contributed by atoms with Crippen LogP contribution in [-0.4, -0.2) is 19.7 Å². The van der Waals surface area contributed by atoms with E-state index in [1.807, 2.05) is 31.2 Å². The zero-order valence-electron chi connectivity index (χ0n) is 15.5. The topological polar surface area (TPSA) is 68.6 Å². The molecule has 0 amide bonds. The summed E-state index contributed by atoms with van der Waals surface area (Å²) in [7, 11) is 1.49. The molecule has 5 heteroatoms. The number of nitrogens with zero attached hydrogens (tertiary/aromatic N) is 1. The Balaban J connectivity index is 2.58. The van der Waals surface area contributed by atoms with Gasteiger partial charge in [0.25, 0.3) is 0 Å². The fourth-order valence-electron chi connectivity index (χ4n) is 2.82. The van der Waals surface area contributed by atoms with E-state index in [1.165, 1.54) is 7.11 Å². The first-order valence-electron chi connectivity index (χ1n) is 8.53. The van der Waals surface area contributed by atoms with Crippen molar-refractivity contribution in [3.05, 3.63) is 53.6 Å². The lowest BCUT2D eigenvalue weighted by atomic mass is 9.78. The van der Waals surface area contributed by atoms with Crippen molar-refractivity contribution in [3.63, 3.8) is 0 Å². The quantitative estimate of drug-likeness (QED) is 0.684. The van der Waals surface area contributed by atoms with Crippen LogP contribution in [0, 0.1) is 18.3 Å². The van der Waals surface area contributed by atoms with Crippen LogP contribution in [0.5, 0.6) is 17.2 Å². The molecule has 2 rings (SSSR count). The Morgan fingerprint density at radius 1 is 1.12 bits per heavy atom. The number of rotatable bonds is 7. The van der Waals surface area contributed by atoms with E-state index in [4.69, 9.17) is 14.2 Å². The number of para-hydroxylation sites is 2. The van der Waals surface area contributed by atoms with Crippen LogP contribution in [0.25, 0.3) is 0 Å². The third-order valence-corrected chi connectivity index (χ3v) is 4.30. The molecule has 0 saturated carbocycles. The average Bonchev–Trinajstić information content (AvgIpc) is 2.65.